The summed E-state index contributed by atoms with van der Waals surface area (Å²) in [6.45, 7) is 2.14. The number of ether oxygens (including phenoxy) is 1. The third kappa shape index (κ3) is 4.63. The Bertz CT molecular complexity index is 1080. The molecule has 3 N–H and O–H groups in total. The number of carbonyl (C=O) groups excluding carboxylic acids is 1. The van der Waals surface area contributed by atoms with Crippen LogP contribution in [0.1, 0.15) is 40.8 Å². The van der Waals surface area contributed by atoms with Crippen LogP contribution in [0.5, 0.6) is 0 Å². The van der Waals surface area contributed by atoms with Crippen LogP contribution in [0.3, 0.4) is 0 Å². The number of nitrogens with one attached hydrogen (secondary N) is 1. The van der Waals surface area contributed by atoms with Crippen LogP contribution in [0.25, 0.3) is 11.1 Å². The molecule has 0 aliphatic heterocycles. The molecule has 1 aliphatic carbocycles. The molecule has 1 aromatic heterocycles. The lowest BCUT2D eigenvalue weighted by molar-refractivity contribution is 0.0108. The molecule has 32 heavy (non-hydrogen) atoms. The molecule has 4 rings (SSSR count). The first-order chi connectivity index (χ1) is 15.5. The van der Waals surface area contributed by atoms with E-state index in [1.807, 2.05) is 24.3 Å². The van der Waals surface area contributed by atoms with E-state index in [1.165, 1.54) is 17.3 Å². The first-order valence-electron chi connectivity index (χ1n) is 10.5. The van der Waals surface area contributed by atoms with E-state index in [1.54, 1.807) is 13.0 Å². The minimum absolute atomic E-state index is 0.0143. The Labute approximate surface area is 191 Å². The SMILES string of the molecule is Cc1cc(Cl)cnc1C(O)C(O)CCNC(=O)OCC1c2ccccc2-c2ccccc21. The van der Waals surface area contributed by atoms with E-state index in [0.29, 0.717) is 16.3 Å². The molecule has 1 heterocycles. The zero-order valence-electron chi connectivity index (χ0n) is 17.7. The molecule has 3 aromatic rings. The van der Waals surface area contributed by atoms with Crippen molar-refractivity contribution in [2.45, 2.75) is 31.5 Å². The van der Waals surface area contributed by atoms with Crippen LogP contribution >= 0.6 is 11.6 Å². The number of nitrogens with zero attached hydrogens (tertiary/aromatic N) is 1. The smallest absolute Gasteiger partial charge is 0.407 e. The molecule has 0 saturated carbocycles. The summed E-state index contributed by atoms with van der Waals surface area (Å²) in [5.41, 5.74) is 5.67. The molecule has 2 aromatic carbocycles. The van der Waals surface area contributed by atoms with Gasteiger partial charge < -0.3 is 20.3 Å². The molecule has 0 radical (unpaired) electrons. The van der Waals surface area contributed by atoms with Crippen molar-refractivity contribution in [2.24, 2.45) is 0 Å². The number of pyridine rings is 1. The standard InChI is InChI=1S/C25H25ClN2O4/c1-15-12-16(26)13-28-23(15)24(30)22(29)10-11-27-25(31)32-14-21-19-8-4-2-6-17(19)18-7-3-5-9-20(18)21/h2-9,12-13,21-22,24,29-30H,10-11,14H2,1H3,(H,27,31). The van der Waals surface area contributed by atoms with Crippen LogP contribution in [0.15, 0.2) is 60.8 Å². The number of carbonyl (C=O) groups is 1. The zero-order chi connectivity index (χ0) is 22.7. The minimum Gasteiger partial charge on any atom is -0.449 e. The lowest BCUT2D eigenvalue weighted by Gasteiger charge is -2.19. The van der Waals surface area contributed by atoms with E-state index in [4.69, 9.17) is 16.3 Å². The molecule has 2 unspecified atom stereocenters. The summed E-state index contributed by atoms with van der Waals surface area (Å²) in [7, 11) is 0. The number of fused-ring (bicyclic) bond motifs is 3. The number of rotatable bonds is 7. The summed E-state index contributed by atoms with van der Waals surface area (Å²) in [6, 6.07) is 17.9. The highest BCUT2D eigenvalue weighted by molar-refractivity contribution is 6.30. The molecule has 1 aliphatic rings. The Morgan fingerprint density at radius 2 is 1.75 bits per heavy atom. The summed E-state index contributed by atoms with van der Waals surface area (Å²) in [5, 5.41) is 23.7. The molecule has 2 atom stereocenters. The van der Waals surface area contributed by atoms with E-state index in [9.17, 15) is 15.0 Å². The van der Waals surface area contributed by atoms with Crippen LogP contribution in [0.4, 0.5) is 4.79 Å². The van der Waals surface area contributed by atoms with Gasteiger partial charge in [0, 0.05) is 18.7 Å². The topological polar surface area (TPSA) is 91.7 Å². The maximum absolute atomic E-state index is 12.2. The number of hydrogen-bond acceptors (Lipinski definition) is 5. The molecule has 7 heteroatoms. The fourth-order valence-corrected chi connectivity index (χ4v) is 4.38. The Kier molecular flexibility index (Phi) is 6.74. The van der Waals surface area contributed by atoms with Crippen molar-refractivity contribution in [2.75, 3.05) is 13.2 Å². The van der Waals surface area contributed by atoms with Gasteiger partial charge in [-0.05, 0) is 47.2 Å². The highest BCUT2D eigenvalue weighted by Gasteiger charge is 2.29. The van der Waals surface area contributed by atoms with Gasteiger partial charge in [0.25, 0.3) is 0 Å². The fourth-order valence-electron chi connectivity index (χ4n) is 4.17. The number of hydrogen-bond donors (Lipinski definition) is 3. The third-order valence-electron chi connectivity index (χ3n) is 5.78. The predicted octanol–water partition coefficient (Wildman–Crippen LogP) is 4.37. The van der Waals surface area contributed by atoms with Crippen molar-refractivity contribution in [3.63, 3.8) is 0 Å². The number of aliphatic hydroxyl groups is 2. The summed E-state index contributed by atoms with van der Waals surface area (Å²) < 4.78 is 5.48. The lowest BCUT2D eigenvalue weighted by atomic mass is 9.98. The largest absolute Gasteiger partial charge is 0.449 e. The van der Waals surface area contributed by atoms with Gasteiger partial charge in [-0.15, -0.1) is 0 Å². The van der Waals surface area contributed by atoms with Crippen molar-refractivity contribution in [3.8, 4) is 11.1 Å². The number of benzene rings is 2. The zero-order valence-corrected chi connectivity index (χ0v) is 18.4. The molecule has 1 amide bonds. The third-order valence-corrected chi connectivity index (χ3v) is 5.99. The van der Waals surface area contributed by atoms with E-state index in [-0.39, 0.29) is 25.5 Å². The fraction of sp³-hybridized carbons (Fsp3) is 0.280. The number of alkyl carbamates (subject to hydrolysis) is 1. The second kappa shape index (κ2) is 9.69. The molecule has 166 valence electrons. The minimum atomic E-state index is -1.17. The van der Waals surface area contributed by atoms with Crippen molar-refractivity contribution in [1.82, 2.24) is 10.3 Å². The molecular weight excluding hydrogens is 428 g/mol. The molecule has 0 fully saturated rings. The normalized spacial score (nSPS) is 14.4. The predicted molar refractivity (Wildman–Crippen MR) is 123 cm³/mol. The summed E-state index contributed by atoms with van der Waals surface area (Å²) in [4.78, 5) is 16.3. The molecule has 0 saturated heterocycles. The van der Waals surface area contributed by atoms with Crippen LogP contribution in [0.2, 0.25) is 5.02 Å². The van der Waals surface area contributed by atoms with Crippen molar-refractivity contribution < 1.29 is 19.7 Å². The van der Waals surface area contributed by atoms with Crippen molar-refractivity contribution in [1.29, 1.82) is 0 Å². The number of halogens is 1. The van der Waals surface area contributed by atoms with E-state index >= 15 is 0 Å². The van der Waals surface area contributed by atoms with Crippen LogP contribution in [0, 0.1) is 6.92 Å². The van der Waals surface area contributed by atoms with Crippen LogP contribution in [-0.2, 0) is 4.74 Å². The van der Waals surface area contributed by atoms with Gasteiger partial charge in [0.1, 0.15) is 12.7 Å². The monoisotopic (exact) mass is 452 g/mol. The first kappa shape index (κ1) is 22.3. The van der Waals surface area contributed by atoms with Crippen molar-refractivity contribution in [3.05, 3.63) is 88.2 Å². The van der Waals surface area contributed by atoms with Crippen LogP contribution in [-0.4, -0.2) is 40.5 Å². The van der Waals surface area contributed by atoms with Gasteiger partial charge in [-0.2, -0.15) is 0 Å². The summed E-state index contributed by atoms with van der Waals surface area (Å²) >= 11 is 5.88. The van der Waals surface area contributed by atoms with Gasteiger partial charge in [-0.25, -0.2) is 4.79 Å². The number of aryl methyl sites for hydroxylation is 1. The highest BCUT2D eigenvalue weighted by Crippen LogP contribution is 2.44. The van der Waals surface area contributed by atoms with Gasteiger partial charge >= 0.3 is 6.09 Å². The summed E-state index contributed by atoms with van der Waals surface area (Å²) in [6.07, 6.45) is -1.24. The van der Waals surface area contributed by atoms with Gasteiger partial charge in [-0.1, -0.05) is 60.1 Å². The quantitative estimate of drug-likeness (QED) is 0.495. The Morgan fingerprint density at radius 1 is 1.12 bits per heavy atom. The van der Waals surface area contributed by atoms with E-state index in [2.05, 4.69) is 34.6 Å². The Balaban J connectivity index is 1.29. The molecule has 6 nitrogen and oxygen atoms in total. The maximum Gasteiger partial charge on any atom is 0.407 e. The number of amides is 1. The lowest BCUT2D eigenvalue weighted by Crippen LogP contribution is -2.31. The molecule has 0 spiro atoms. The average molecular weight is 453 g/mol. The van der Waals surface area contributed by atoms with E-state index in [0.717, 1.165) is 11.1 Å². The Morgan fingerprint density at radius 3 is 2.38 bits per heavy atom. The Hall–Kier alpha value is -2.93. The van der Waals surface area contributed by atoms with Gasteiger partial charge in [0.15, 0.2) is 0 Å². The summed E-state index contributed by atoms with van der Waals surface area (Å²) in [5.74, 6) is -0.0143. The molecular formula is C25H25ClN2O4. The first-order valence-corrected chi connectivity index (χ1v) is 10.9. The van der Waals surface area contributed by atoms with Gasteiger partial charge in [-0.3, -0.25) is 4.98 Å². The van der Waals surface area contributed by atoms with E-state index < -0.39 is 18.3 Å². The maximum atomic E-state index is 12.2. The van der Waals surface area contributed by atoms with Crippen LogP contribution < -0.4 is 5.32 Å². The molecule has 0 bridgehead atoms. The number of aliphatic hydroxyl groups excluding tert-OH is 2. The van der Waals surface area contributed by atoms with Crippen molar-refractivity contribution >= 4 is 17.7 Å². The van der Waals surface area contributed by atoms with Gasteiger partial charge in [0.2, 0.25) is 0 Å². The van der Waals surface area contributed by atoms with Gasteiger partial charge in [0.05, 0.1) is 16.8 Å². The average Bonchev–Trinajstić information content (AvgIpc) is 3.11. The highest BCUT2D eigenvalue weighted by atomic mass is 35.5. The second-order valence-corrected chi connectivity index (χ2v) is 8.35. The number of aromatic nitrogens is 1. The second-order valence-electron chi connectivity index (χ2n) is 7.91.